The lowest BCUT2D eigenvalue weighted by atomic mass is 9.78. The number of piperidine rings is 1. The average molecular weight is 420 g/mol. The van der Waals surface area contributed by atoms with Crippen molar-refractivity contribution >= 4 is 15.9 Å². The van der Waals surface area contributed by atoms with Crippen molar-refractivity contribution in [3.8, 4) is 0 Å². The van der Waals surface area contributed by atoms with Gasteiger partial charge in [-0.1, -0.05) is 30.5 Å². The summed E-state index contributed by atoms with van der Waals surface area (Å²) in [4.78, 5) is 17.6. The van der Waals surface area contributed by atoms with E-state index in [1.807, 2.05) is 19.1 Å². The molecular weight excluding hydrogens is 386 g/mol. The molecule has 0 unspecified atom stereocenters. The molecular formula is C22H33N3O3S. The van der Waals surface area contributed by atoms with E-state index in [1.165, 1.54) is 25.7 Å². The minimum atomic E-state index is -3.46. The molecule has 6 nitrogen and oxygen atoms in total. The van der Waals surface area contributed by atoms with Gasteiger partial charge in [0.05, 0.1) is 11.4 Å². The van der Waals surface area contributed by atoms with Gasteiger partial charge >= 0.3 is 0 Å². The van der Waals surface area contributed by atoms with E-state index in [9.17, 15) is 13.2 Å². The molecule has 1 saturated carbocycles. The summed E-state index contributed by atoms with van der Waals surface area (Å²) in [5.41, 5.74) is 1.05. The Bertz CT molecular complexity index is 814. The van der Waals surface area contributed by atoms with E-state index >= 15 is 0 Å². The molecule has 0 bridgehead atoms. The van der Waals surface area contributed by atoms with E-state index in [4.69, 9.17) is 0 Å². The van der Waals surface area contributed by atoms with Crippen molar-refractivity contribution in [1.82, 2.24) is 14.1 Å². The molecule has 2 heterocycles. The number of hydrogen-bond acceptors (Lipinski definition) is 4. The second kappa shape index (κ2) is 8.74. The van der Waals surface area contributed by atoms with Gasteiger partial charge in [0.15, 0.2) is 0 Å². The van der Waals surface area contributed by atoms with Crippen LogP contribution >= 0.6 is 0 Å². The summed E-state index contributed by atoms with van der Waals surface area (Å²) in [5, 5.41) is 0. The fraction of sp³-hybridized carbons (Fsp3) is 0.682. The number of hydrogen-bond donors (Lipinski definition) is 0. The van der Waals surface area contributed by atoms with Gasteiger partial charge in [-0.05, 0) is 50.7 Å². The highest BCUT2D eigenvalue weighted by molar-refractivity contribution is 7.89. The van der Waals surface area contributed by atoms with Gasteiger partial charge in [-0.2, -0.15) is 4.31 Å². The first-order valence-electron chi connectivity index (χ1n) is 11.0. The van der Waals surface area contributed by atoms with Crippen LogP contribution in [-0.2, 0) is 14.8 Å². The summed E-state index contributed by atoms with van der Waals surface area (Å²) in [7, 11) is -3.46. The lowest BCUT2D eigenvalue weighted by Gasteiger charge is -2.45. The van der Waals surface area contributed by atoms with E-state index < -0.39 is 10.0 Å². The number of fused-ring (bicyclic) bond motifs is 1. The predicted molar refractivity (Wildman–Crippen MR) is 113 cm³/mol. The van der Waals surface area contributed by atoms with Crippen LogP contribution in [0.1, 0.15) is 44.1 Å². The first-order valence-corrected chi connectivity index (χ1v) is 12.5. The maximum absolute atomic E-state index is 13.0. The van der Waals surface area contributed by atoms with Crippen molar-refractivity contribution < 1.29 is 13.2 Å². The van der Waals surface area contributed by atoms with Crippen LogP contribution in [0.5, 0.6) is 0 Å². The van der Waals surface area contributed by atoms with Crippen molar-refractivity contribution in [2.45, 2.75) is 56.4 Å². The molecule has 1 aliphatic carbocycles. The minimum absolute atomic E-state index is 0.233. The predicted octanol–water partition coefficient (Wildman–Crippen LogP) is 2.48. The Hall–Kier alpha value is -1.44. The van der Waals surface area contributed by atoms with Crippen LogP contribution in [0, 0.1) is 12.8 Å². The standard InChI is InChI=1S/C22H33N3O3S/c1-18-8-10-20(11-9-18)29(27,28)24-15-13-23(14-16-24)17-22(26)25-12-4-6-19-5-2-3-7-21(19)25/h8-11,19,21H,2-7,12-17H2,1H3/t19-,21-/m1/s1. The summed E-state index contributed by atoms with van der Waals surface area (Å²) in [6, 6.07) is 7.46. The Kier molecular flexibility index (Phi) is 6.27. The van der Waals surface area contributed by atoms with Crippen molar-refractivity contribution in [2.24, 2.45) is 5.92 Å². The van der Waals surface area contributed by atoms with Crippen LogP contribution in [-0.4, -0.2) is 73.7 Å². The van der Waals surface area contributed by atoms with Gasteiger partial charge in [0, 0.05) is 38.8 Å². The zero-order chi connectivity index (χ0) is 20.4. The number of sulfonamides is 1. The normalized spacial score (nSPS) is 26.9. The van der Waals surface area contributed by atoms with Crippen molar-refractivity contribution in [1.29, 1.82) is 0 Å². The number of carbonyl (C=O) groups is 1. The monoisotopic (exact) mass is 419 g/mol. The van der Waals surface area contributed by atoms with Crippen molar-refractivity contribution in [2.75, 3.05) is 39.3 Å². The molecule has 1 aromatic rings. The Morgan fingerprint density at radius 2 is 1.59 bits per heavy atom. The number of rotatable bonds is 4. The molecule has 1 aromatic carbocycles. The van der Waals surface area contributed by atoms with Gasteiger partial charge in [0.2, 0.25) is 15.9 Å². The Labute approximate surface area is 174 Å². The second-order valence-electron chi connectivity index (χ2n) is 8.83. The number of carbonyl (C=O) groups excluding carboxylic acids is 1. The molecule has 2 atom stereocenters. The molecule has 0 aromatic heterocycles. The summed E-state index contributed by atoms with van der Waals surface area (Å²) < 4.78 is 27.3. The van der Waals surface area contributed by atoms with Crippen LogP contribution in [0.3, 0.4) is 0 Å². The number of amides is 1. The van der Waals surface area contributed by atoms with Gasteiger partial charge in [0.25, 0.3) is 0 Å². The first-order chi connectivity index (χ1) is 13.9. The lowest BCUT2D eigenvalue weighted by Crippen LogP contribution is -2.55. The third-order valence-corrected chi connectivity index (χ3v) is 8.83. The van der Waals surface area contributed by atoms with E-state index in [2.05, 4.69) is 9.80 Å². The van der Waals surface area contributed by atoms with Crippen molar-refractivity contribution in [3.05, 3.63) is 29.8 Å². The van der Waals surface area contributed by atoms with E-state index in [-0.39, 0.29) is 5.91 Å². The minimum Gasteiger partial charge on any atom is -0.338 e. The highest BCUT2D eigenvalue weighted by Crippen LogP contribution is 2.35. The van der Waals surface area contributed by atoms with Gasteiger partial charge in [-0.3, -0.25) is 9.69 Å². The van der Waals surface area contributed by atoms with Gasteiger partial charge < -0.3 is 4.90 Å². The average Bonchev–Trinajstić information content (AvgIpc) is 2.74. The molecule has 1 amide bonds. The second-order valence-corrected chi connectivity index (χ2v) is 10.8. The third-order valence-electron chi connectivity index (χ3n) is 6.91. The topological polar surface area (TPSA) is 60.9 Å². The maximum Gasteiger partial charge on any atom is 0.243 e. The number of aryl methyl sites for hydroxylation is 1. The fourth-order valence-electron chi connectivity index (χ4n) is 5.20. The summed E-state index contributed by atoms with van der Waals surface area (Å²) in [6.07, 6.45) is 7.35. The first kappa shape index (κ1) is 20.8. The highest BCUT2D eigenvalue weighted by Gasteiger charge is 2.36. The molecule has 0 N–H and O–H groups in total. The molecule has 0 radical (unpaired) electrons. The summed E-state index contributed by atoms with van der Waals surface area (Å²) in [5.74, 6) is 0.925. The molecule has 160 valence electrons. The Morgan fingerprint density at radius 3 is 2.31 bits per heavy atom. The van der Waals surface area contributed by atoms with Gasteiger partial charge in [-0.15, -0.1) is 0 Å². The van der Waals surface area contributed by atoms with E-state index in [1.54, 1.807) is 16.4 Å². The molecule has 29 heavy (non-hydrogen) atoms. The molecule has 0 spiro atoms. The molecule has 3 aliphatic rings. The molecule has 2 aliphatic heterocycles. The summed E-state index contributed by atoms with van der Waals surface area (Å²) >= 11 is 0. The van der Waals surface area contributed by atoms with E-state index in [0.29, 0.717) is 49.6 Å². The number of piperazine rings is 1. The highest BCUT2D eigenvalue weighted by atomic mass is 32.2. The molecule has 3 fully saturated rings. The fourth-order valence-corrected chi connectivity index (χ4v) is 6.63. The number of nitrogens with zero attached hydrogens (tertiary/aromatic N) is 3. The summed E-state index contributed by atoms with van der Waals surface area (Å²) in [6.45, 7) is 5.36. The quantitative estimate of drug-likeness (QED) is 0.752. The Morgan fingerprint density at radius 1 is 0.931 bits per heavy atom. The maximum atomic E-state index is 13.0. The zero-order valence-corrected chi connectivity index (χ0v) is 18.2. The third kappa shape index (κ3) is 4.52. The number of likely N-dealkylation sites (tertiary alicyclic amines) is 1. The number of benzene rings is 1. The van der Waals surface area contributed by atoms with Crippen LogP contribution in [0.2, 0.25) is 0 Å². The smallest absolute Gasteiger partial charge is 0.243 e. The van der Waals surface area contributed by atoms with Crippen LogP contribution in [0.15, 0.2) is 29.2 Å². The molecule has 4 rings (SSSR count). The lowest BCUT2D eigenvalue weighted by molar-refractivity contribution is -0.139. The zero-order valence-electron chi connectivity index (χ0n) is 17.4. The van der Waals surface area contributed by atoms with Crippen LogP contribution in [0.25, 0.3) is 0 Å². The van der Waals surface area contributed by atoms with Gasteiger partial charge in [0.1, 0.15) is 0 Å². The van der Waals surface area contributed by atoms with Crippen LogP contribution in [0.4, 0.5) is 0 Å². The SMILES string of the molecule is Cc1ccc(S(=O)(=O)N2CCN(CC(=O)N3CCC[C@H]4CCCC[C@H]43)CC2)cc1. The molecule has 2 saturated heterocycles. The van der Waals surface area contributed by atoms with Crippen LogP contribution < -0.4 is 0 Å². The largest absolute Gasteiger partial charge is 0.338 e. The van der Waals surface area contributed by atoms with Gasteiger partial charge in [-0.25, -0.2) is 8.42 Å². The van der Waals surface area contributed by atoms with Crippen molar-refractivity contribution in [3.63, 3.8) is 0 Å². The Balaban J connectivity index is 1.32. The van der Waals surface area contributed by atoms with E-state index in [0.717, 1.165) is 24.9 Å². The molecule has 7 heteroatoms.